The Kier molecular flexibility index (Phi) is 6.17. The molecule has 0 unspecified atom stereocenters. The van der Waals surface area contributed by atoms with Crippen LogP contribution in [0.15, 0.2) is 11.2 Å². The van der Waals surface area contributed by atoms with Crippen molar-refractivity contribution in [2.24, 2.45) is 5.10 Å². The molecule has 0 spiro atoms. The Morgan fingerprint density at radius 2 is 2.08 bits per heavy atom. The number of nitrogens with one attached hydrogen (secondary N) is 1. The van der Waals surface area contributed by atoms with Crippen LogP contribution in [0.5, 0.6) is 0 Å². The number of aromatic nitrogens is 1. The van der Waals surface area contributed by atoms with Crippen molar-refractivity contribution in [2.75, 3.05) is 13.1 Å². The van der Waals surface area contributed by atoms with Gasteiger partial charge in [-0.05, 0) is 46.6 Å². The van der Waals surface area contributed by atoms with Gasteiger partial charge in [-0.25, -0.2) is 5.43 Å². The Bertz CT molecular complexity index is 631. The van der Waals surface area contributed by atoms with E-state index in [1.165, 1.54) is 5.69 Å². The van der Waals surface area contributed by atoms with Gasteiger partial charge in [-0.2, -0.15) is 5.10 Å². The summed E-state index contributed by atoms with van der Waals surface area (Å²) in [5, 5.41) is 4.05. The highest BCUT2D eigenvalue weighted by Gasteiger charge is 2.18. The number of hydrogen-bond donors (Lipinski definition) is 1. The highest BCUT2D eigenvalue weighted by molar-refractivity contribution is 5.87. The zero-order valence-electron chi connectivity index (χ0n) is 15.1. The largest absolute Gasteiger partial charge is 0.346 e. The van der Waals surface area contributed by atoms with Crippen molar-refractivity contribution in [1.29, 1.82) is 0 Å². The highest BCUT2D eigenvalue weighted by Crippen LogP contribution is 2.18. The van der Waals surface area contributed by atoms with E-state index >= 15 is 0 Å². The molecular weight excluding hydrogens is 304 g/mol. The summed E-state index contributed by atoms with van der Waals surface area (Å²) in [6.07, 6.45) is 5.14. The molecule has 1 aromatic heterocycles. The SMILES string of the molecule is Cc1cc(/C=N\NC(=O)CN2CCCCCC2=O)c(C)n1C(C)C. The van der Waals surface area contributed by atoms with Gasteiger partial charge in [0.1, 0.15) is 6.54 Å². The summed E-state index contributed by atoms with van der Waals surface area (Å²) in [6.45, 7) is 9.13. The van der Waals surface area contributed by atoms with E-state index in [2.05, 4.69) is 41.9 Å². The van der Waals surface area contributed by atoms with E-state index in [9.17, 15) is 9.59 Å². The number of hydrogen-bond acceptors (Lipinski definition) is 3. The molecule has 1 aliphatic heterocycles. The lowest BCUT2D eigenvalue weighted by Gasteiger charge is -2.18. The van der Waals surface area contributed by atoms with Crippen molar-refractivity contribution in [3.05, 3.63) is 23.0 Å². The number of hydrazone groups is 1. The number of rotatable bonds is 5. The van der Waals surface area contributed by atoms with Crippen LogP contribution in [-0.2, 0) is 9.59 Å². The summed E-state index contributed by atoms with van der Waals surface area (Å²) in [5.74, 6) is -0.189. The van der Waals surface area contributed by atoms with Crippen LogP contribution in [0.1, 0.15) is 62.5 Å². The van der Waals surface area contributed by atoms with Crippen LogP contribution in [-0.4, -0.2) is 40.6 Å². The number of carbonyl (C=O) groups is 2. The van der Waals surface area contributed by atoms with Gasteiger partial charge in [0.25, 0.3) is 5.91 Å². The zero-order valence-corrected chi connectivity index (χ0v) is 15.1. The second-order valence-corrected chi connectivity index (χ2v) is 6.71. The number of likely N-dealkylation sites (tertiary alicyclic amines) is 1. The van der Waals surface area contributed by atoms with Gasteiger partial charge in [0.2, 0.25) is 5.91 Å². The third-order valence-electron chi connectivity index (χ3n) is 4.44. The lowest BCUT2D eigenvalue weighted by Crippen LogP contribution is -2.39. The smallest absolute Gasteiger partial charge is 0.259 e. The first-order valence-electron chi connectivity index (χ1n) is 8.68. The average Bonchev–Trinajstić information content (AvgIpc) is 2.66. The van der Waals surface area contributed by atoms with Gasteiger partial charge >= 0.3 is 0 Å². The fraction of sp³-hybridized carbons (Fsp3) is 0.611. The van der Waals surface area contributed by atoms with Crippen LogP contribution in [0, 0.1) is 13.8 Å². The van der Waals surface area contributed by atoms with Gasteiger partial charge in [0, 0.05) is 36.0 Å². The number of aryl methyl sites for hydroxylation is 1. The third-order valence-corrected chi connectivity index (χ3v) is 4.44. The molecule has 0 aromatic carbocycles. The van der Waals surface area contributed by atoms with E-state index in [0.717, 1.165) is 30.5 Å². The molecule has 0 saturated carbocycles. The molecule has 24 heavy (non-hydrogen) atoms. The van der Waals surface area contributed by atoms with E-state index in [1.807, 2.05) is 6.92 Å². The van der Waals surface area contributed by atoms with E-state index in [0.29, 0.717) is 19.0 Å². The molecule has 2 heterocycles. The standard InChI is InChI=1S/C18H28N4O2/c1-13(2)22-14(3)10-16(15(22)4)11-19-20-17(23)12-21-9-7-5-6-8-18(21)24/h10-11,13H,5-9,12H2,1-4H3,(H,20,23)/b19-11-. The van der Waals surface area contributed by atoms with Gasteiger partial charge in [0.15, 0.2) is 0 Å². The number of carbonyl (C=O) groups excluding carboxylic acids is 2. The first-order valence-corrected chi connectivity index (χ1v) is 8.68. The Hall–Kier alpha value is -2.11. The lowest BCUT2D eigenvalue weighted by atomic mass is 10.2. The van der Waals surface area contributed by atoms with E-state index in [4.69, 9.17) is 0 Å². The second-order valence-electron chi connectivity index (χ2n) is 6.71. The van der Waals surface area contributed by atoms with Crippen LogP contribution >= 0.6 is 0 Å². The minimum Gasteiger partial charge on any atom is -0.346 e. The number of nitrogens with zero attached hydrogens (tertiary/aromatic N) is 3. The van der Waals surface area contributed by atoms with Gasteiger partial charge in [0.05, 0.1) is 6.21 Å². The van der Waals surface area contributed by atoms with Crippen LogP contribution in [0.4, 0.5) is 0 Å². The molecule has 0 atom stereocenters. The minimum atomic E-state index is -0.251. The van der Waals surface area contributed by atoms with Gasteiger partial charge < -0.3 is 9.47 Å². The molecule has 0 radical (unpaired) electrons. The lowest BCUT2D eigenvalue weighted by molar-refractivity contribution is -0.135. The predicted octanol–water partition coefficient (Wildman–Crippen LogP) is 2.54. The summed E-state index contributed by atoms with van der Waals surface area (Å²) in [5.41, 5.74) is 5.82. The summed E-state index contributed by atoms with van der Waals surface area (Å²) in [7, 11) is 0. The summed E-state index contributed by atoms with van der Waals surface area (Å²) in [4.78, 5) is 25.5. The molecule has 1 fully saturated rings. The van der Waals surface area contributed by atoms with Gasteiger partial charge in [-0.3, -0.25) is 9.59 Å². The monoisotopic (exact) mass is 332 g/mol. The third kappa shape index (κ3) is 4.46. The van der Waals surface area contributed by atoms with Gasteiger partial charge in [-0.15, -0.1) is 0 Å². The van der Waals surface area contributed by atoms with E-state index < -0.39 is 0 Å². The normalized spacial score (nSPS) is 16.0. The first kappa shape index (κ1) is 18.2. The molecule has 0 aliphatic carbocycles. The fourth-order valence-corrected chi connectivity index (χ4v) is 3.32. The molecule has 2 amide bonds. The highest BCUT2D eigenvalue weighted by atomic mass is 16.2. The minimum absolute atomic E-state index is 0.0621. The molecule has 6 nitrogen and oxygen atoms in total. The summed E-state index contributed by atoms with van der Waals surface area (Å²) >= 11 is 0. The quantitative estimate of drug-likeness (QED) is 0.665. The van der Waals surface area contributed by atoms with Crippen molar-refractivity contribution in [2.45, 2.75) is 59.4 Å². The first-order chi connectivity index (χ1) is 11.4. The molecule has 1 saturated heterocycles. The van der Waals surface area contributed by atoms with Gasteiger partial charge in [-0.1, -0.05) is 6.42 Å². The maximum Gasteiger partial charge on any atom is 0.259 e. The molecular formula is C18H28N4O2. The predicted molar refractivity (Wildman–Crippen MR) is 95.1 cm³/mol. The molecule has 132 valence electrons. The Morgan fingerprint density at radius 3 is 2.75 bits per heavy atom. The maximum absolute atomic E-state index is 12.0. The number of amides is 2. The van der Waals surface area contributed by atoms with Crippen LogP contribution in [0.2, 0.25) is 0 Å². The molecule has 0 bridgehead atoms. The van der Waals surface area contributed by atoms with E-state index in [-0.39, 0.29) is 18.4 Å². The molecule has 6 heteroatoms. The zero-order chi connectivity index (χ0) is 17.7. The summed E-state index contributed by atoms with van der Waals surface area (Å²) in [6, 6.07) is 2.44. The Morgan fingerprint density at radius 1 is 1.33 bits per heavy atom. The molecule has 1 N–H and O–H groups in total. The molecule has 2 rings (SSSR count). The molecule has 1 aromatic rings. The average molecular weight is 332 g/mol. The summed E-state index contributed by atoms with van der Waals surface area (Å²) < 4.78 is 2.24. The van der Waals surface area contributed by atoms with Crippen molar-refractivity contribution in [1.82, 2.24) is 14.9 Å². The van der Waals surface area contributed by atoms with Crippen molar-refractivity contribution in [3.63, 3.8) is 0 Å². The van der Waals surface area contributed by atoms with Crippen LogP contribution < -0.4 is 5.43 Å². The fourth-order valence-electron chi connectivity index (χ4n) is 3.32. The van der Waals surface area contributed by atoms with Crippen molar-refractivity contribution < 1.29 is 9.59 Å². The van der Waals surface area contributed by atoms with Crippen LogP contribution in [0.25, 0.3) is 0 Å². The van der Waals surface area contributed by atoms with E-state index in [1.54, 1.807) is 11.1 Å². The Labute approximate surface area is 143 Å². The second kappa shape index (κ2) is 8.13. The van der Waals surface area contributed by atoms with Crippen LogP contribution in [0.3, 0.4) is 0 Å². The topological polar surface area (TPSA) is 66.7 Å². The van der Waals surface area contributed by atoms with Crippen molar-refractivity contribution in [3.8, 4) is 0 Å². The maximum atomic E-state index is 12.0. The van der Waals surface area contributed by atoms with Crippen molar-refractivity contribution >= 4 is 18.0 Å². The molecule has 1 aliphatic rings. The Balaban J connectivity index is 1.93.